The summed E-state index contributed by atoms with van der Waals surface area (Å²) in [7, 11) is 0. The first-order valence-corrected chi connectivity index (χ1v) is 7.57. The summed E-state index contributed by atoms with van der Waals surface area (Å²) in [4.78, 5) is 31.0. The van der Waals surface area contributed by atoms with Crippen LogP contribution in [0, 0.1) is 0 Å². The zero-order chi connectivity index (χ0) is 17.0. The van der Waals surface area contributed by atoms with Crippen LogP contribution in [0.4, 0.5) is 5.69 Å². The van der Waals surface area contributed by atoms with E-state index in [4.69, 9.17) is 16.3 Å². The Morgan fingerprint density at radius 3 is 2.65 bits per heavy atom. The quantitative estimate of drug-likeness (QED) is 0.820. The first-order valence-electron chi connectivity index (χ1n) is 7.19. The fourth-order valence-electron chi connectivity index (χ4n) is 1.82. The van der Waals surface area contributed by atoms with E-state index in [1.165, 1.54) is 13.1 Å². The molecule has 2 aromatic rings. The van der Waals surface area contributed by atoms with Gasteiger partial charge in [-0.1, -0.05) is 31.5 Å². The van der Waals surface area contributed by atoms with Gasteiger partial charge in [-0.15, -0.1) is 0 Å². The van der Waals surface area contributed by atoms with Gasteiger partial charge in [0.25, 0.3) is 5.91 Å². The maximum Gasteiger partial charge on any atom is 0.357 e. The van der Waals surface area contributed by atoms with Crippen LogP contribution in [-0.4, -0.2) is 27.9 Å². The Labute approximate surface area is 139 Å². The highest BCUT2D eigenvalue weighted by Gasteiger charge is 2.21. The first-order chi connectivity index (χ1) is 10.9. The van der Waals surface area contributed by atoms with Crippen LogP contribution in [0.25, 0.3) is 0 Å². The van der Waals surface area contributed by atoms with Crippen molar-refractivity contribution in [3.05, 3.63) is 47.0 Å². The molecule has 1 heterocycles. The predicted molar refractivity (Wildman–Crippen MR) is 87.6 cm³/mol. The molecule has 1 atom stereocenters. The summed E-state index contributed by atoms with van der Waals surface area (Å²) in [6.07, 6.45) is 0.450. The SMILES string of the molecule is CC(C)c1ncc(C(=O)O[C@@H](C)C(=O)Nc2cccc(Cl)c2)[nH]1. The number of benzene rings is 1. The molecule has 0 spiro atoms. The van der Waals surface area contributed by atoms with E-state index >= 15 is 0 Å². The van der Waals surface area contributed by atoms with Crippen LogP contribution >= 0.6 is 11.6 Å². The number of amides is 1. The number of rotatable bonds is 5. The minimum atomic E-state index is -0.952. The number of aromatic nitrogens is 2. The summed E-state index contributed by atoms with van der Waals surface area (Å²) >= 11 is 5.85. The highest BCUT2D eigenvalue weighted by Crippen LogP contribution is 2.16. The van der Waals surface area contributed by atoms with Gasteiger partial charge in [-0.25, -0.2) is 9.78 Å². The van der Waals surface area contributed by atoms with Gasteiger partial charge < -0.3 is 15.0 Å². The lowest BCUT2D eigenvalue weighted by atomic mass is 10.2. The van der Waals surface area contributed by atoms with Crippen molar-refractivity contribution in [2.24, 2.45) is 0 Å². The average Bonchev–Trinajstić information content (AvgIpc) is 2.97. The molecule has 0 fully saturated rings. The van der Waals surface area contributed by atoms with Crippen LogP contribution in [-0.2, 0) is 9.53 Å². The van der Waals surface area contributed by atoms with Gasteiger partial charge in [-0.05, 0) is 25.1 Å². The molecule has 0 aliphatic carbocycles. The van der Waals surface area contributed by atoms with Crippen LogP contribution < -0.4 is 5.32 Å². The van der Waals surface area contributed by atoms with Crippen molar-refractivity contribution in [3.8, 4) is 0 Å². The molecule has 6 nitrogen and oxygen atoms in total. The number of ether oxygens (including phenoxy) is 1. The third kappa shape index (κ3) is 4.56. The number of carbonyl (C=O) groups excluding carboxylic acids is 2. The monoisotopic (exact) mass is 335 g/mol. The lowest BCUT2D eigenvalue weighted by molar-refractivity contribution is -0.123. The molecule has 0 saturated carbocycles. The second-order valence-electron chi connectivity index (χ2n) is 5.38. The van der Waals surface area contributed by atoms with E-state index in [2.05, 4.69) is 15.3 Å². The van der Waals surface area contributed by atoms with Crippen molar-refractivity contribution >= 4 is 29.2 Å². The highest BCUT2D eigenvalue weighted by molar-refractivity contribution is 6.30. The lowest BCUT2D eigenvalue weighted by Crippen LogP contribution is -2.30. The average molecular weight is 336 g/mol. The van der Waals surface area contributed by atoms with E-state index in [0.717, 1.165) is 0 Å². The molecule has 2 N–H and O–H groups in total. The molecule has 122 valence electrons. The van der Waals surface area contributed by atoms with Crippen molar-refractivity contribution < 1.29 is 14.3 Å². The molecule has 0 aliphatic heterocycles. The van der Waals surface area contributed by atoms with E-state index in [-0.39, 0.29) is 11.6 Å². The molecular formula is C16H18ClN3O3. The molecule has 7 heteroatoms. The van der Waals surface area contributed by atoms with Crippen molar-refractivity contribution in [1.29, 1.82) is 0 Å². The van der Waals surface area contributed by atoms with E-state index < -0.39 is 18.0 Å². The number of esters is 1. The largest absolute Gasteiger partial charge is 0.448 e. The molecule has 0 saturated heterocycles. The van der Waals surface area contributed by atoms with Gasteiger partial charge in [0.2, 0.25) is 0 Å². The van der Waals surface area contributed by atoms with Crippen molar-refractivity contribution in [2.75, 3.05) is 5.32 Å². The van der Waals surface area contributed by atoms with Crippen LogP contribution in [0.3, 0.4) is 0 Å². The standard InChI is InChI=1S/C16H18ClN3O3/c1-9(2)14-18-8-13(20-14)16(22)23-10(3)15(21)19-12-6-4-5-11(17)7-12/h4-10H,1-3H3,(H,18,20)(H,19,21)/t10-/m0/s1. The third-order valence-corrected chi connectivity index (χ3v) is 3.34. The topological polar surface area (TPSA) is 84.1 Å². The normalized spacial score (nSPS) is 12.0. The van der Waals surface area contributed by atoms with Gasteiger partial charge in [0.1, 0.15) is 11.5 Å². The zero-order valence-electron chi connectivity index (χ0n) is 13.1. The summed E-state index contributed by atoms with van der Waals surface area (Å²) in [5.41, 5.74) is 0.755. The van der Waals surface area contributed by atoms with Gasteiger partial charge in [0.15, 0.2) is 6.10 Å². The van der Waals surface area contributed by atoms with E-state index in [9.17, 15) is 9.59 Å². The Hall–Kier alpha value is -2.34. The minimum absolute atomic E-state index is 0.167. The third-order valence-electron chi connectivity index (χ3n) is 3.11. The van der Waals surface area contributed by atoms with Gasteiger partial charge in [-0.2, -0.15) is 0 Å². The molecular weight excluding hydrogens is 318 g/mol. The number of aromatic amines is 1. The Kier molecular flexibility index (Phi) is 5.39. The fraction of sp³-hybridized carbons (Fsp3) is 0.312. The number of nitrogens with one attached hydrogen (secondary N) is 2. The fourth-order valence-corrected chi connectivity index (χ4v) is 2.01. The Morgan fingerprint density at radius 1 is 1.30 bits per heavy atom. The maximum absolute atomic E-state index is 12.0. The van der Waals surface area contributed by atoms with E-state index in [0.29, 0.717) is 16.5 Å². The van der Waals surface area contributed by atoms with Crippen molar-refractivity contribution in [3.63, 3.8) is 0 Å². The van der Waals surface area contributed by atoms with E-state index in [1.54, 1.807) is 24.3 Å². The molecule has 1 amide bonds. The van der Waals surface area contributed by atoms with E-state index in [1.807, 2.05) is 13.8 Å². The smallest absolute Gasteiger partial charge is 0.357 e. The molecule has 23 heavy (non-hydrogen) atoms. The van der Waals surface area contributed by atoms with Crippen molar-refractivity contribution in [1.82, 2.24) is 9.97 Å². The number of hydrogen-bond acceptors (Lipinski definition) is 4. The summed E-state index contributed by atoms with van der Waals surface area (Å²) in [5, 5.41) is 3.14. The van der Waals surface area contributed by atoms with Crippen LogP contribution in [0.5, 0.6) is 0 Å². The first kappa shape index (κ1) is 17.0. The molecule has 0 unspecified atom stereocenters. The molecule has 0 aliphatic rings. The second kappa shape index (κ2) is 7.28. The van der Waals surface area contributed by atoms with Gasteiger partial charge in [-0.3, -0.25) is 4.79 Å². The maximum atomic E-state index is 12.0. The highest BCUT2D eigenvalue weighted by atomic mass is 35.5. The molecule has 2 rings (SSSR count). The minimum Gasteiger partial charge on any atom is -0.448 e. The molecule has 1 aromatic carbocycles. The summed E-state index contributed by atoms with van der Waals surface area (Å²) in [6.45, 7) is 5.40. The number of H-pyrrole nitrogens is 1. The second-order valence-corrected chi connectivity index (χ2v) is 5.82. The van der Waals surface area contributed by atoms with Gasteiger partial charge in [0.05, 0.1) is 6.20 Å². The van der Waals surface area contributed by atoms with Crippen molar-refractivity contribution in [2.45, 2.75) is 32.8 Å². The summed E-state index contributed by atoms with van der Waals surface area (Å²) in [5.74, 6) is -0.213. The van der Waals surface area contributed by atoms with Crippen LogP contribution in [0.2, 0.25) is 5.02 Å². The summed E-state index contributed by atoms with van der Waals surface area (Å²) in [6, 6.07) is 6.72. The number of halogens is 1. The van der Waals surface area contributed by atoms with Crippen LogP contribution in [0.15, 0.2) is 30.5 Å². The lowest BCUT2D eigenvalue weighted by Gasteiger charge is -2.13. The molecule has 0 bridgehead atoms. The number of anilines is 1. The van der Waals surface area contributed by atoms with Gasteiger partial charge in [0, 0.05) is 16.6 Å². The Morgan fingerprint density at radius 2 is 2.04 bits per heavy atom. The number of hydrogen-bond donors (Lipinski definition) is 2. The number of carbonyl (C=O) groups is 2. The molecule has 1 aromatic heterocycles. The summed E-state index contributed by atoms with van der Waals surface area (Å²) < 4.78 is 5.14. The Balaban J connectivity index is 1.95. The van der Waals surface area contributed by atoms with Gasteiger partial charge >= 0.3 is 5.97 Å². The Bertz CT molecular complexity index is 712. The predicted octanol–water partition coefficient (Wildman–Crippen LogP) is 3.37. The number of imidazole rings is 1. The molecule has 0 radical (unpaired) electrons. The van der Waals surface area contributed by atoms with Crippen LogP contribution in [0.1, 0.15) is 43.0 Å². The zero-order valence-corrected chi connectivity index (χ0v) is 13.8. The number of nitrogens with zero attached hydrogens (tertiary/aromatic N) is 1.